The number of β-lactam (4-membered cyclic amide) rings is 1. The summed E-state index contributed by atoms with van der Waals surface area (Å²) in [6.07, 6.45) is 0.109. The summed E-state index contributed by atoms with van der Waals surface area (Å²) in [5, 5.41) is 9.73. The zero-order valence-electron chi connectivity index (χ0n) is 23.1. The molecule has 0 aliphatic carbocycles. The fourth-order valence-corrected chi connectivity index (χ4v) is 8.97. The maximum atomic E-state index is 15.7. The minimum absolute atomic E-state index is 0.0578. The van der Waals surface area contributed by atoms with Crippen LogP contribution in [0.4, 0.5) is 15.5 Å². The van der Waals surface area contributed by atoms with Crippen LogP contribution in [-0.2, 0) is 39.0 Å². The van der Waals surface area contributed by atoms with Gasteiger partial charge in [0, 0.05) is 49.2 Å². The fraction of sp³-hybridized carbons (Fsp3) is 0.630. The molecule has 2 saturated heterocycles. The molecular formula is C27H37FN2O8Si. The van der Waals surface area contributed by atoms with Crippen LogP contribution < -0.4 is 9.80 Å². The highest BCUT2D eigenvalue weighted by Crippen LogP contribution is 2.60. The molecule has 10 nitrogen and oxygen atoms in total. The van der Waals surface area contributed by atoms with Crippen molar-refractivity contribution in [3.63, 3.8) is 0 Å². The molecule has 1 spiro atoms. The third-order valence-corrected chi connectivity index (χ3v) is 10.5. The van der Waals surface area contributed by atoms with Gasteiger partial charge in [-0.15, -0.1) is 0 Å². The van der Waals surface area contributed by atoms with E-state index in [2.05, 4.69) is 0 Å². The molecule has 39 heavy (non-hydrogen) atoms. The minimum atomic E-state index is -3.35. The van der Waals surface area contributed by atoms with Crippen LogP contribution in [0.1, 0.15) is 51.5 Å². The quantitative estimate of drug-likeness (QED) is 0.151. The van der Waals surface area contributed by atoms with E-state index in [-0.39, 0.29) is 43.7 Å². The molecule has 1 aromatic rings. The van der Waals surface area contributed by atoms with E-state index < -0.39 is 43.8 Å². The number of aliphatic hydroxyl groups excluding tert-OH is 1. The zero-order chi connectivity index (χ0) is 28.7. The lowest BCUT2D eigenvalue weighted by atomic mass is 9.82. The van der Waals surface area contributed by atoms with E-state index in [0.717, 1.165) is 0 Å². The molecule has 12 heteroatoms. The van der Waals surface area contributed by atoms with Crippen LogP contribution in [0, 0.1) is 5.92 Å². The molecule has 2 amide bonds. The van der Waals surface area contributed by atoms with Gasteiger partial charge in [-0.1, -0.05) is 6.92 Å². The number of carbonyl (C=O) groups is 4. The smallest absolute Gasteiger partial charge is 0.305 e. The van der Waals surface area contributed by atoms with Crippen LogP contribution in [0.2, 0.25) is 18.6 Å². The second kappa shape index (κ2) is 11.0. The number of anilines is 2. The largest absolute Gasteiger partial charge is 0.469 e. The number of esters is 2. The maximum absolute atomic E-state index is 15.7. The van der Waals surface area contributed by atoms with Crippen molar-refractivity contribution in [1.29, 1.82) is 0 Å². The zero-order valence-corrected chi connectivity index (χ0v) is 24.1. The Hall–Kier alpha value is -2.83. The standard InChI is InChI=1S/C27H37FN2O8Si/c1-16-25(39(4,5)28)21(11-13-31)38-27(16)19-14-18(30-22(33)15-23(30)37-17(2)32)9-10-20(19)29(26(27)35)12-7-6-8-24(34)36-3/h9-10,14,16,21,23,25,31H,6-8,11-13,15H2,1-5H3/t16-,21+,23?,25-,27+/m0/s1. The first kappa shape index (κ1) is 29.2. The lowest BCUT2D eigenvalue weighted by Crippen LogP contribution is -2.55. The van der Waals surface area contributed by atoms with E-state index >= 15 is 4.11 Å². The van der Waals surface area contributed by atoms with Crippen LogP contribution in [0.15, 0.2) is 18.2 Å². The van der Waals surface area contributed by atoms with Gasteiger partial charge < -0.3 is 28.3 Å². The van der Waals surface area contributed by atoms with Crippen LogP contribution in [-0.4, -0.2) is 69.9 Å². The summed E-state index contributed by atoms with van der Waals surface area (Å²) in [6.45, 7) is 6.37. The van der Waals surface area contributed by atoms with E-state index in [1.54, 1.807) is 36.2 Å². The molecule has 214 valence electrons. The highest BCUT2D eigenvalue weighted by molar-refractivity contribution is 6.72. The molecule has 1 unspecified atom stereocenters. The second-order valence-electron chi connectivity index (χ2n) is 11.0. The number of hydrogen-bond acceptors (Lipinski definition) is 8. The number of rotatable bonds is 10. The highest BCUT2D eigenvalue weighted by atomic mass is 28.4. The number of methoxy groups -OCH3 is 1. The van der Waals surface area contributed by atoms with Gasteiger partial charge in [-0.3, -0.25) is 24.1 Å². The summed E-state index contributed by atoms with van der Waals surface area (Å²) in [6, 6.07) is 5.13. The van der Waals surface area contributed by atoms with Gasteiger partial charge in [0.05, 0.1) is 25.3 Å². The Bertz CT molecular complexity index is 1160. The van der Waals surface area contributed by atoms with Crippen molar-refractivity contribution in [3.8, 4) is 0 Å². The molecule has 0 aromatic heterocycles. The second-order valence-corrected chi connectivity index (χ2v) is 14.8. The van der Waals surface area contributed by atoms with E-state index in [4.69, 9.17) is 14.2 Å². The normalized spacial score (nSPS) is 28.1. The molecule has 5 atom stereocenters. The first-order valence-corrected chi connectivity index (χ1v) is 16.3. The van der Waals surface area contributed by atoms with Crippen LogP contribution in [0.3, 0.4) is 0 Å². The Morgan fingerprint density at radius 2 is 1.97 bits per heavy atom. The third-order valence-electron chi connectivity index (χ3n) is 8.08. The molecule has 0 bridgehead atoms. The molecule has 3 aliphatic rings. The van der Waals surface area contributed by atoms with Gasteiger partial charge in [-0.2, -0.15) is 0 Å². The first-order chi connectivity index (χ1) is 18.4. The number of hydrogen-bond donors (Lipinski definition) is 1. The number of amides is 2. The highest BCUT2D eigenvalue weighted by Gasteiger charge is 2.66. The Kier molecular flexibility index (Phi) is 8.20. The number of ether oxygens (including phenoxy) is 3. The van der Waals surface area contributed by atoms with Crippen LogP contribution in [0.25, 0.3) is 0 Å². The SMILES string of the molecule is COC(=O)CCCCN1C(=O)[C@]2(O[C@H](CCO)[C@@H]([Si](C)(C)F)[C@@H]2C)c2cc(N3C(=O)CC3OC(C)=O)ccc21. The Morgan fingerprint density at radius 1 is 1.26 bits per heavy atom. The Labute approximate surface area is 228 Å². The van der Waals surface area contributed by atoms with Crippen molar-refractivity contribution >= 4 is 43.5 Å². The van der Waals surface area contributed by atoms with Gasteiger partial charge in [-0.25, -0.2) is 0 Å². The molecule has 4 rings (SSSR count). The van der Waals surface area contributed by atoms with E-state index in [0.29, 0.717) is 36.3 Å². The Morgan fingerprint density at radius 3 is 2.56 bits per heavy atom. The summed E-state index contributed by atoms with van der Waals surface area (Å²) in [4.78, 5) is 52.8. The molecular weight excluding hydrogens is 527 g/mol. The number of nitrogens with zero attached hydrogens (tertiary/aromatic N) is 2. The summed E-state index contributed by atoms with van der Waals surface area (Å²) in [5.74, 6) is -1.94. The summed E-state index contributed by atoms with van der Waals surface area (Å²) < 4.78 is 32.2. The van der Waals surface area contributed by atoms with Crippen molar-refractivity contribution < 1.29 is 42.6 Å². The van der Waals surface area contributed by atoms with Gasteiger partial charge >= 0.3 is 11.9 Å². The molecule has 1 aromatic carbocycles. The average Bonchev–Trinajstić information content (AvgIpc) is 3.27. The first-order valence-electron chi connectivity index (χ1n) is 13.4. The third kappa shape index (κ3) is 5.09. The topological polar surface area (TPSA) is 123 Å². The van der Waals surface area contributed by atoms with Gasteiger partial charge in [0.2, 0.25) is 14.3 Å². The van der Waals surface area contributed by atoms with E-state index in [9.17, 15) is 24.3 Å². The molecule has 0 radical (unpaired) electrons. The molecule has 3 heterocycles. The summed E-state index contributed by atoms with van der Waals surface area (Å²) in [5.41, 5.74) is -0.489. The van der Waals surface area contributed by atoms with Crippen molar-refractivity contribution in [1.82, 2.24) is 0 Å². The van der Waals surface area contributed by atoms with Crippen molar-refractivity contribution in [3.05, 3.63) is 23.8 Å². The number of halogens is 1. The number of fused-ring (bicyclic) bond motifs is 2. The van der Waals surface area contributed by atoms with Crippen molar-refractivity contribution in [2.24, 2.45) is 5.92 Å². The predicted molar refractivity (Wildman–Crippen MR) is 142 cm³/mol. The average molecular weight is 565 g/mol. The fourth-order valence-electron chi connectivity index (χ4n) is 6.43. The minimum Gasteiger partial charge on any atom is -0.469 e. The van der Waals surface area contributed by atoms with Gasteiger partial charge in [0.25, 0.3) is 5.91 Å². The lowest BCUT2D eigenvalue weighted by Gasteiger charge is -2.39. The summed E-state index contributed by atoms with van der Waals surface area (Å²) in [7, 11) is -2.03. The Balaban J connectivity index is 1.75. The van der Waals surface area contributed by atoms with E-state index in [1.165, 1.54) is 18.9 Å². The summed E-state index contributed by atoms with van der Waals surface area (Å²) >= 11 is 0. The van der Waals surface area contributed by atoms with Gasteiger partial charge in [0.15, 0.2) is 11.8 Å². The lowest BCUT2D eigenvalue weighted by molar-refractivity contribution is -0.154. The number of unbranched alkanes of at least 4 members (excludes halogenated alkanes) is 1. The monoisotopic (exact) mass is 564 g/mol. The number of aliphatic hydroxyl groups is 1. The maximum Gasteiger partial charge on any atom is 0.305 e. The molecule has 0 saturated carbocycles. The predicted octanol–water partition coefficient (Wildman–Crippen LogP) is 3.16. The van der Waals surface area contributed by atoms with Crippen LogP contribution in [0.5, 0.6) is 0 Å². The van der Waals surface area contributed by atoms with Crippen molar-refractivity contribution in [2.45, 2.75) is 82.5 Å². The van der Waals surface area contributed by atoms with Gasteiger partial charge in [0.1, 0.15) is 0 Å². The molecule has 1 N–H and O–H groups in total. The number of carbonyl (C=O) groups excluding carboxylic acids is 4. The molecule has 2 fully saturated rings. The number of benzene rings is 1. The van der Waals surface area contributed by atoms with Gasteiger partial charge in [-0.05, 0) is 50.6 Å². The molecule has 3 aliphatic heterocycles. The van der Waals surface area contributed by atoms with E-state index in [1.807, 2.05) is 6.92 Å². The van der Waals surface area contributed by atoms with Crippen LogP contribution >= 0.6 is 0 Å². The van der Waals surface area contributed by atoms with Crippen molar-refractivity contribution in [2.75, 3.05) is 30.1 Å².